The third kappa shape index (κ3) is 5.40. The summed E-state index contributed by atoms with van der Waals surface area (Å²) in [4.78, 5) is 45.9. The number of Topliss-reactive ketones (excluding diaryl/α,β-unsaturated/α-hetero) is 2. The molecule has 3 unspecified atom stereocenters. The van der Waals surface area contributed by atoms with Gasteiger partial charge < -0.3 is 31.1 Å². The highest BCUT2D eigenvalue weighted by molar-refractivity contribution is 8.01. The molecule has 0 aliphatic carbocycles. The number of anilines is 3. The van der Waals surface area contributed by atoms with E-state index in [1.54, 1.807) is 13.3 Å². The number of hydrogen-bond donors (Lipinski definition) is 5. The molecule has 14 nitrogen and oxygen atoms in total. The van der Waals surface area contributed by atoms with Crippen molar-refractivity contribution in [2.45, 2.75) is 35.3 Å². The third-order valence-electron chi connectivity index (χ3n) is 8.56. The van der Waals surface area contributed by atoms with Crippen LogP contribution in [0.2, 0.25) is 0 Å². The van der Waals surface area contributed by atoms with Gasteiger partial charge >= 0.3 is 0 Å². The van der Waals surface area contributed by atoms with Crippen LogP contribution in [-0.2, 0) is 9.59 Å². The number of benzene rings is 1. The number of para-hydroxylation sites is 1. The van der Waals surface area contributed by atoms with Crippen LogP contribution >= 0.6 is 11.8 Å². The molecule has 3 atom stereocenters. The zero-order valence-electron chi connectivity index (χ0n) is 24.3. The minimum absolute atomic E-state index is 0.0242. The van der Waals surface area contributed by atoms with Crippen molar-refractivity contribution in [2.24, 2.45) is 5.73 Å². The van der Waals surface area contributed by atoms with Gasteiger partial charge in [-0.05, 0) is 19.1 Å². The molecule has 0 spiro atoms. The van der Waals surface area contributed by atoms with E-state index in [1.165, 1.54) is 11.8 Å². The predicted molar refractivity (Wildman–Crippen MR) is 167 cm³/mol. The molecule has 4 aliphatic heterocycles. The second kappa shape index (κ2) is 11.5. The van der Waals surface area contributed by atoms with Crippen LogP contribution in [0.4, 0.5) is 17.5 Å². The Kier molecular flexibility index (Phi) is 7.59. The Morgan fingerprint density at radius 2 is 1.74 bits per heavy atom. The SMILES string of the molecule is CC(=O)C1CNCCN1n1cnc2c(N3CCNCC3C(=O)CC3(N)Nc4ccccc4S3)nc(N3CCNCC3)nc21. The second-order valence-corrected chi connectivity index (χ2v) is 12.9. The number of piperazine rings is 3. The van der Waals surface area contributed by atoms with Crippen molar-refractivity contribution in [3.05, 3.63) is 30.6 Å². The molecule has 6 N–H and O–H groups in total. The first-order valence-corrected chi connectivity index (χ1v) is 15.8. The number of carbonyl (C=O) groups excluding carboxylic acids is 2. The summed E-state index contributed by atoms with van der Waals surface area (Å²) in [6.07, 6.45) is 1.87. The van der Waals surface area contributed by atoms with E-state index in [-0.39, 0.29) is 24.0 Å². The number of hydrogen-bond acceptors (Lipinski definition) is 14. The minimum Gasteiger partial charge on any atom is -0.357 e. The average Bonchev–Trinajstić information content (AvgIpc) is 3.61. The Hall–Kier alpha value is -3.50. The van der Waals surface area contributed by atoms with Gasteiger partial charge in [0.25, 0.3) is 0 Å². The van der Waals surface area contributed by atoms with Crippen molar-refractivity contribution in [1.29, 1.82) is 0 Å². The highest BCUT2D eigenvalue weighted by Gasteiger charge is 2.41. The van der Waals surface area contributed by atoms with Gasteiger partial charge in [0.1, 0.15) is 23.4 Å². The molecule has 3 aromatic rings. The fourth-order valence-corrected chi connectivity index (χ4v) is 7.52. The second-order valence-electron chi connectivity index (χ2n) is 11.5. The lowest BCUT2D eigenvalue weighted by molar-refractivity contribution is -0.121. The largest absolute Gasteiger partial charge is 0.357 e. The van der Waals surface area contributed by atoms with Gasteiger partial charge in [-0.15, -0.1) is 0 Å². The van der Waals surface area contributed by atoms with Gasteiger partial charge in [0.2, 0.25) is 5.95 Å². The Labute approximate surface area is 254 Å². The number of thioether (sulfide) groups is 1. The van der Waals surface area contributed by atoms with Crippen LogP contribution in [-0.4, -0.2) is 114 Å². The van der Waals surface area contributed by atoms with Crippen molar-refractivity contribution < 1.29 is 9.59 Å². The summed E-state index contributed by atoms with van der Waals surface area (Å²) in [6, 6.07) is 7.12. The number of nitrogens with two attached hydrogens (primary N) is 1. The maximum Gasteiger partial charge on any atom is 0.229 e. The topological polar surface area (TPSA) is 162 Å². The lowest BCUT2D eigenvalue weighted by Gasteiger charge is -2.38. The fourth-order valence-electron chi connectivity index (χ4n) is 6.37. The molecule has 43 heavy (non-hydrogen) atoms. The monoisotopic (exact) mass is 606 g/mol. The summed E-state index contributed by atoms with van der Waals surface area (Å²) < 4.78 is 1.91. The minimum atomic E-state index is -0.928. The van der Waals surface area contributed by atoms with E-state index in [0.717, 1.165) is 43.3 Å². The lowest BCUT2D eigenvalue weighted by Crippen LogP contribution is -2.59. The Morgan fingerprint density at radius 1 is 1.00 bits per heavy atom. The van der Waals surface area contributed by atoms with Crippen molar-refractivity contribution in [3.63, 3.8) is 0 Å². The molecule has 6 heterocycles. The molecular formula is C28H38N12O2S. The van der Waals surface area contributed by atoms with Crippen LogP contribution < -0.4 is 41.8 Å². The summed E-state index contributed by atoms with van der Waals surface area (Å²) in [5.74, 6) is 1.34. The van der Waals surface area contributed by atoms with E-state index in [9.17, 15) is 9.59 Å². The predicted octanol–water partition coefficient (Wildman–Crippen LogP) is -0.698. The first-order valence-electron chi connectivity index (χ1n) is 14.9. The molecule has 3 fully saturated rings. The van der Waals surface area contributed by atoms with Gasteiger partial charge in [-0.25, -0.2) is 9.66 Å². The third-order valence-corrected chi connectivity index (χ3v) is 9.75. The summed E-state index contributed by atoms with van der Waals surface area (Å²) in [6.45, 7) is 8.53. The Balaban J connectivity index is 1.25. The first kappa shape index (κ1) is 28.3. The number of rotatable bonds is 7. The average molecular weight is 607 g/mol. The summed E-state index contributed by atoms with van der Waals surface area (Å²) in [7, 11) is 0. The Morgan fingerprint density at radius 3 is 2.53 bits per heavy atom. The van der Waals surface area contributed by atoms with Gasteiger partial charge in [-0.1, -0.05) is 23.9 Å². The highest BCUT2D eigenvalue weighted by atomic mass is 32.2. The molecule has 7 rings (SSSR count). The Bertz CT molecular complexity index is 1500. The van der Waals surface area contributed by atoms with E-state index in [2.05, 4.69) is 31.1 Å². The van der Waals surface area contributed by atoms with Crippen LogP contribution in [0.25, 0.3) is 11.2 Å². The van der Waals surface area contributed by atoms with E-state index >= 15 is 0 Å². The van der Waals surface area contributed by atoms with Gasteiger partial charge in [-0.3, -0.25) is 20.3 Å². The van der Waals surface area contributed by atoms with E-state index < -0.39 is 11.0 Å². The van der Waals surface area contributed by atoms with E-state index in [4.69, 9.17) is 20.7 Å². The van der Waals surface area contributed by atoms with Crippen LogP contribution in [0.5, 0.6) is 0 Å². The van der Waals surface area contributed by atoms with Gasteiger partial charge in [0.15, 0.2) is 28.5 Å². The molecule has 0 radical (unpaired) electrons. The molecule has 0 amide bonds. The van der Waals surface area contributed by atoms with Gasteiger partial charge in [0.05, 0.1) is 12.1 Å². The molecule has 1 aromatic carbocycles. The summed E-state index contributed by atoms with van der Waals surface area (Å²) in [5, 5.41) is 15.5. The normalized spacial score (nSPS) is 26.0. The molecule has 4 aliphatic rings. The molecule has 0 saturated carbocycles. The number of aromatic nitrogens is 4. The number of nitrogens with one attached hydrogen (secondary N) is 4. The number of carbonyl (C=O) groups is 2. The van der Waals surface area contributed by atoms with E-state index in [1.807, 2.05) is 34.0 Å². The zero-order chi connectivity index (χ0) is 29.6. The fraction of sp³-hybridized carbons (Fsp3) is 0.536. The van der Waals surface area contributed by atoms with Crippen LogP contribution in [0.15, 0.2) is 35.5 Å². The summed E-state index contributed by atoms with van der Waals surface area (Å²) >= 11 is 1.49. The smallest absolute Gasteiger partial charge is 0.229 e. The molecule has 3 saturated heterocycles. The number of fused-ring (bicyclic) bond motifs is 2. The van der Waals surface area contributed by atoms with Crippen LogP contribution in [0.1, 0.15) is 13.3 Å². The van der Waals surface area contributed by atoms with Gasteiger partial charge in [-0.2, -0.15) is 9.97 Å². The van der Waals surface area contributed by atoms with Crippen LogP contribution in [0.3, 0.4) is 0 Å². The highest BCUT2D eigenvalue weighted by Crippen LogP contribution is 2.44. The number of nitrogens with zero attached hydrogens (tertiary/aromatic N) is 7. The van der Waals surface area contributed by atoms with Crippen molar-refractivity contribution >= 4 is 51.9 Å². The molecule has 2 aromatic heterocycles. The lowest BCUT2D eigenvalue weighted by atomic mass is 10.0. The van der Waals surface area contributed by atoms with Crippen molar-refractivity contribution in [2.75, 3.05) is 85.6 Å². The van der Waals surface area contributed by atoms with Crippen molar-refractivity contribution in [1.82, 2.24) is 35.6 Å². The van der Waals surface area contributed by atoms with Gasteiger partial charge in [0, 0.05) is 70.3 Å². The molecule has 228 valence electrons. The maximum atomic E-state index is 14.0. The zero-order valence-corrected chi connectivity index (χ0v) is 25.1. The van der Waals surface area contributed by atoms with Crippen LogP contribution in [0, 0.1) is 0 Å². The molecule has 15 heteroatoms. The van der Waals surface area contributed by atoms with Crippen molar-refractivity contribution in [3.8, 4) is 0 Å². The van der Waals surface area contributed by atoms with E-state index in [0.29, 0.717) is 55.7 Å². The molecule has 0 bridgehead atoms. The quantitative estimate of drug-likeness (QED) is 0.230. The number of ketones is 2. The standard InChI is InChI=1S/C28H38N12O2S/c1-18(41)20-15-32-9-13-39(20)40-17-33-24-25(34-27(35-26(24)40)37-10-6-30-7-11-37)38-12-8-31-16-21(38)22(42)14-28(29)36-19-4-2-3-5-23(19)43-28/h2-5,17,20-21,30-32,36H,6-16,29H2,1H3. The number of imidazole rings is 1. The summed E-state index contributed by atoms with van der Waals surface area (Å²) in [5.41, 5.74) is 8.93. The first-order chi connectivity index (χ1) is 20.9. The maximum absolute atomic E-state index is 14.0. The molecular weight excluding hydrogens is 568 g/mol.